The Balaban J connectivity index is 1.79. The standard InChI is InChI=1S/C21H18N2O3S/c1-14-22-10-11-23(14)21(24)20-19(26-13-15-6-4-3-5-7-15)17-12-16(25-2)8-9-18(17)27-20/h3-12H,13H2,1-2H3. The van der Waals surface area contributed by atoms with Gasteiger partial charge >= 0.3 is 0 Å². The summed E-state index contributed by atoms with van der Waals surface area (Å²) in [4.78, 5) is 17.8. The van der Waals surface area contributed by atoms with Gasteiger partial charge in [0, 0.05) is 22.5 Å². The number of benzene rings is 2. The van der Waals surface area contributed by atoms with Crippen molar-refractivity contribution >= 4 is 27.3 Å². The Morgan fingerprint density at radius 3 is 2.70 bits per heavy atom. The van der Waals surface area contributed by atoms with Gasteiger partial charge < -0.3 is 9.47 Å². The molecule has 0 aliphatic rings. The molecule has 0 N–H and O–H groups in total. The maximum Gasteiger partial charge on any atom is 0.277 e. The molecule has 0 bridgehead atoms. The van der Waals surface area contributed by atoms with Crippen molar-refractivity contribution in [1.82, 2.24) is 9.55 Å². The summed E-state index contributed by atoms with van der Waals surface area (Å²) in [5, 5.41) is 0.872. The first-order valence-corrected chi connectivity index (χ1v) is 9.31. The summed E-state index contributed by atoms with van der Waals surface area (Å²) in [6.07, 6.45) is 3.29. The first kappa shape index (κ1) is 17.3. The number of fused-ring (bicyclic) bond motifs is 1. The average Bonchev–Trinajstić information content (AvgIpc) is 3.29. The highest BCUT2D eigenvalue weighted by Crippen LogP contribution is 2.40. The number of hydrogen-bond donors (Lipinski definition) is 0. The number of hydrogen-bond acceptors (Lipinski definition) is 5. The lowest BCUT2D eigenvalue weighted by Gasteiger charge is -2.09. The van der Waals surface area contributed by atoms with Crippen molar-refractivity contribution in [2.24, 2.45) is 0 Å². The van der Waals surface area contributed by atoms with Gasteiger partial charge in [0.25, 0.3) is 5.91 Å². The molecule has 0 aliphatic carbocycles. The minimum absolute atomic E-state index is 0.145. The molecule has 0 saturated carbocycles. The summed E-state index contributed by atoms with van der Waals surface area (Å²) in [6, 6.07) is 15.6. The molecular formula is C21H18N2O3S. The zero-order valence-corrected chi connectivity index (χ0v) is 15.8. The summed E-state index contributed by atoms with van der Waals surface area (Å²) in [5.74, 6) is 1.80. The van der Waals surface area contributed by atoms with Crippen molar-refractivity contribution < 1.29 is 14.3 Å². The summed E-state index contributed by atoms with van der Waals surface area (Å²) < 4.78 is 14.0. The molecule has 2 aromatic carbocycles. The first-order valence-electron chi connectivity index (χ1n) is 8.49. The van der Waals surface area contributed by atoms with Gasteiger partial charge in [-0.15, -0.1) is 11.3 Å². The number of nitrogens with zero attached hydrogens (tertiary/aromatic N) is 2. The smallest absolute Gasteiger partial charge is 0.277 e. The number of thiophene rings is 1. The molecule has 4 rings (SSSR count). The lowest BCUT2D eigenvalue weighted by Crippen LogP contribution is -2.12. The highest BCUT2D eigenvalue weighted by Gasteiger charge is 2.23. The van der Waals surface area contributed by atoms with Crippen LogP contribution in [0, 0.1) is 6.92 Å². The van der Waals surface area contributed by atoms with Gasteiger partial charge in [0.05, 0.1) is 7.11 Å². The van der Waals surface area contributed by atoms with Crippen LogP contribution in [0.4, 0.5) is 0 Å². The van der Waals surface area contributed by atoms with Gasteiger partial charge in [0.1, 0.15) is 23.1 Å². The average molecular weight is 378 g/mol. The van der Waals surface area contributed by atoms with Crippen molar-refractivity contribution in [1.29, 1.82) is 0 Å². The van der Waals surface area contributed by atoms with Crippen LogP contribution in [0.15, 0.2) is 60.9 Å². The topological polar surface area (TPSA) is 53.4 Å². The molecule has 0 saturated heterocycles. The van der Waals surface area contributed by atoms with Gasteiger partial charge in [-0.3, -0.25) is 9.36 Å². The van der Waals surface area contributed by atoms with Crippen LogP contribution in [0.25, 0.3) is 10.1 Å². The van der Waals surface area contributed by atoms with Crippen LogP contribution < -0.4 is 9.47 Å². The quantitative estimate of drug-likeness (QED) is 0.506. The van der Waals surface area contributed by atoms with Crippen LogP contribution in [0.3, 0.4) is 0 Å². The van der Waals surface area contributed by atoms with Crippen molar-refractivity contribution in [3.63, 3.8) is 0 Å². The Morgan fingerprint density at radius 2 is 2.00 bits per heavy atom. The molecule has 0 spiro atoms. The molecule has 5 nitrogen and oxygen atoms in total. The predicted octanol–water partition coefficient (Wildman–Crippen LogP) is 4.68. The van der Waals surface area contributed by atoms with Crippen LogP contribution in [-0.4, -0.2) is 22.6 Å². The number of rotatable bonds is 5. The van der Waals surface area contributed by atoms with Gasteiger partial charge in [-0.25, -0.2) is 4.98 Å². The van der Waals surface area contributed by atoms with E-state index in [1.807, 2.05) is 48.5 Å². The second kappa shape index (κ2) is 7.25. The normalized spacial score (nSPS) is 10.9. The second-order valence-electron chi connectivity index (χ2n) is 6.05. The third-order valence-electron chi connectivity index (χ3n) is 4.31. The van der Waals surface area contributed by atoms with Crippen molar-refractivity contribution in [3.05, 3.63) is 77.2 Å². The minimum atomic E-state index is -0.145. The van der Waals surface area contributed by atoms with Gasteiger partial charge in [-0.05, 0) is 30.7 Å². The van der Waals surface area contributed by atoms with Crippen molar-refractivity contribution in [2.75, 3.05) is 7.11 Å². The number of aromatic nitrogens is 2. The fourth-order valence-electron chi connectivity index (χ4n) is 2.90. The Hall–Kier alpha value is -3.12. The molecule has 2 heterocycles. The van der Waals surface area contributed by atoms with Crippen LogP contribution in [0.1, 0.15) is 21.1 Å². The van der Waals surface area contributed by atoms with E-state index >= 15 is 0 Å². The highest BCUT2D eigenvalue weighted by molar-refractivity contribution is 7.21. The Kier molecular flexibility index (Phi) is 4.64. The molecule has 2 aromatic heterocycles. The molecule has 0 atom stereocenters. The molecule has 0 amide bonds. The highest BCUT2D eigenvalue weighted by atomic mass is 32.1. The molecular weight excluding hydrogens is 360 g/mol. The third-order valence-corrected chi connectivity index (χ3v) is 5.45. The van der Waals surface area contributed by atoms with E-state index in [4.69, 9.17) is 9.47 Å². The fraction of sp³-hybridized carbons (Fsp3) is 0.143. The summed E-state index contributed by atoms with van der Waals surface area (Å²) in [6.45, 7) is 2.19. The number of methoxy groups -OCH3 is 1. The predicted molar refractivity (Wildman–Crippen MR) is 106 cm³/mol. The Morgan fingerprint density at radius 1 is 1.19 bits per heavy atom. The number of carbonyl (C=O) groups excluding carboxylic acids is 1. The van der Waals surface area contributed by atoms with Crippen LogP contribution >= 0.6 is 11.3 Å². The van der Waals surface area contributed by atoms with E-state index in [1.54, 1.807) is 26.4 Å². The lowest BCUT2D eigenvalue weighted by molar-refractivity contribution is 0.0958. The van der Waals surface area contributed by atoms with E-state index in [9.17, 15) is 4.79 Å². The van der Waals surface area contributed by atoms with Crippen LogP contribution in [0.5, 0.6) is 11.5 Å². The number of imidazole rings is 1. The van der Waals surface area contributed by atoms with Gasteiger partial charge in [0.2, 0.25) is 0 Å². The molecule has 0 radical (unpaired) electrons. The van der Waals surface area contributed by atoms with Crippen LogP contribution in [0.2, 0.25) is 0 Å². The largest absolute Gasteiger partial charge is 0.497 e. The van der Waals surface area contributed by atoms with Crippen molar-refractivity contribution in [2.45, 2.75) is 13.5 Å². The second-order valence-corrected chi connectivity index (χ2v) is 7.10. The van der Waals surface area contributed by atoms with Crippen LogP contribution in [-0.2, 0) is 6.61 Å². The van der Waals surface area contributed by atoms with E-state index in [0.717, 1.165) is 21.4 Å². The Bertz CT molecular complexity index is 1100. The molecule has 136 valence electrons. The molecule has 6 heteroatoms. The first-order chi connectivity index (χ1) is 13.2. The minimum Gasteiger partial charge on any atom is -0.497 e. The molecule has 0 aliphatic heterocycles. The SMILES string of the molecule is COc1ccc2sc(C(=O)n3ccnc3C)c(OCc3ccccc3)c2c1. The van der Waals surface area contributed by atoms with E-state index in [1.165, 1.54) is 15.9 Å². The third kappa shape index (κ3) is 3.31. The molecule has 27 heavy (non-hydrogen) atoms. The van der Waals surface area contributed by atoms with Gasteiger partial charge in [0.15, 0.2) is 5.75 Å². The Labute approximate surface area is 160 Å². The number of aryl methyl sites for hydroxylation is 1. The van der Waals surface area contributed by atoms with Gasteiger partial charge in [-0.1, -0.05) is 30.3 Å². The summed E-state index contributed by atoms with van der Waals surface area (Å²) in [5.41, 5.74) is 1.04. The lowest BCUT2D eigenvalue weighted by atomic mass is 10.2. The zero-order valence-electron chi connectivity index (χ0n) is 15.0. The van der Waals surface area contributed by atoms with E-state index in [0.29, 0.717) is 23.1 Å². The number of ether oxygens (including phenoxy) is 2. The molecule has 4 aromatic rings. The zero-order chi connectivity index (χ0) is 18.8. The van der Waals surface area contributed by atoms with E-state index in [2.05, 4.69) is 4.98 Å². The molecule has 0 unspecified atom stereocenters. The fourth-order valence-corrected chi connectivity index (χ4v) is 3.96. The summed E-state index contributed by atoms with van der Waals surface area (Å²) in [7, 11) is 1.62. The maximum atomic E-state index is 13.1. The number of carbonyl (C=O) groups is 1. The van der Waals surface area contributed by atoms with Crippen molar-refractivity contribution in [3.8, 4) is 11.5 Å². The van der Waals surface area contributed by atoms with E-state index in [-0.39, 0.29) is 5.91 Å². The molecule has 0 fully saturated rings. The monoisotopic (exact) mass is 378 g/mol. The maximum absolute atomic E-state index is 13.1. The van der Waals surface area contributed by atoms with Gasteiger partial charge in [-0.2, -0.15) is 0 Å². The van der Waals surface area contributed by atoms with E-state index < -0.39 is 0 Å². The summed E-state index contributed by atoms with van der Waals surface area (Å²) >= 11 is 1.41.